The predicted octanol–water partition coefficient (Wildman–Crippen LogP) is 3.80. The van der Waals surface area contributed by atoms with Gasteiger partial charge in [0, 0.05) is 11.8 Å². The Bertz CT molecular complexity index is 596. The molecule has 0 heterocycles. The summed E-state index contributed by atoms with van der Waals surface area (Å²) < 4.78 is 18.2. The number of halogens is 1. The Balaban J connectivity index is 1.84. The fraction of sp³-hybridized carbons (Fsp3) is 0.235. The highest BCUT2D eigenvalue weighted by molar-refractivity contribution is 5.91. The SMILES string of the molecule is CCCc1ccc(NC(=O)COc2cccc(F)c2)cc1. The number of benzene rings is 2. The third-order valence-corrected chi connectivity index (χ3v) is 2.94. The largest absolute Gasteiger partial charge is 0.484 e. The Morgan fingerprint density at radius 2 is 1.95 bits per heavy atom. The lowest BCUT2D eigenvalue weighted by atomic mass is 10.1. The van der Waals surface area contributed by atoms with E-state index in [-0.39, 0.29) is 18.3 Å². The first kappa shape index (κ1) is 15.0. The van der Waals surface area contributed by atoms with Gasteiger partial charge in [0.05, 0.1) is 0 Å². The Kier molecular flexibility index (Phi) is 5.32. The van der Waals surface area contributed by atoms with Gasteiger partial charge in [-0.15, -0.1) is 0 Å². The molecule has 0 fully saturated rings. The van der Waals surface area contributed by atoms with Crippen LogP contribution < -0.4 is 10.1 Å². The Labute approximate surface area is 123 Å². The summed E-state index contributed by atoms with van der Waals surface area (Å²) in [5, 5.41) is 2.74. The molecule has 2 rings (SSSR count). The van der Waals surface area contributed by atoms with Crippen LogP contribution in [-0.4, -0.2) is 12.5 Å². The zero-order chi connectivity index (χ0) is 15.1. The van der Waals surface area contributed by atoms with E-state index in [0.717, 1.165) is 18.5 Å². The van der Waals surface area contributed by atoms with E-state index in [0.29, 0.717) is 5.75 Å². The van der Waals surface area contributed by atoms with Gasteiger partial charge >= 0.3 is 0 Å². The van der Waals surface area contributed by atoms with Crippen molar-refractivity contribution in [2.45, 2.75) is 19.8 Å². The quantitative estimate of drug-likeness (QED) is 0.877. The van der Waals surface area contributed by atoms with Gasteiger partial charge in [0.15, 0.2) is 6.61 Å². The van der Waals surface area contributed by atoms with Gasteiger partial charge in [-0.3, -0.25) is 4.79 Å². The van der Waals surface area contributed by atoms with Crippen molar-refractivity contribution in [1.82, 2.24) is 0 Å². The number of anilines is 1. The van der Waals surface area contributed by atoms with Gasteiger partial charge in [0.1, 0.15) is 11.6 Å². The lowest BCUT2D eigenvalue weighted by Crippen LogP contribution is -2.20. The number of hydrogen-bond acceptors (Lipinski definition) is 2. The van der Waals surface area contributed by atoms with Gasteiger partial charge in [0.2, 0.25) is 0 Å². The Hall–Kier alpha value is -2.36. The minimum atomic E-state index is -0.389. The Morgan fingerprint density at radius 3 is 2.62 bits per heavy atom. The zero-order valence-electron chi connectivity index (χ0n) is 11.9. The van der Waals surface area contributed by atoms with E-state index < -0.39 is 0 Å². The maximum Gasteiger partial charge on any atom is 0.262 e. The Morgan fingerprint density at radius 1 is 1.19 bits per heavy atom. The lowest BCUT2D eigenvalue weighted by molar-refractivity contribution is -0.118. The molecular weight excluding hydrogens is 269 g/mol. The molecule has 0 unspecified atom stereocenters. The average Bonchev–Trinajstić information content (AvgIpc) is 2.48. The molecule has 1 amide bonds. The summed E-state index contributed by atoms with van der Waals surface area (Å²) in [6.07, 6.45) is 2.12. The molecule has 0 radical (unpaired) electrons. The van der Waals surface area contributed by atoms with Crippen LogP contribution in [-0.2, 0) is 11.2 Å². The normalized spacial score (nSPS) is 10.2. The van der Waals surface area contributed by atoms with Crippen LogP contribution in [0.5, 0.6) is 5.75 Å². The highest BCUT2D eigenvalue weighted by Gasteiger charge is 2.04. The van der Waals surface area contributed by atoms with Crippen LogP contribution >= 0.6 is 0 Å². The fourth-order valence-electron chi connectivity index (χ4n) is 1.95. The third kappa shape index (κ3) is 4.91. The van der Waals surface area contributed by atoms with Gasteiger partial charge in [-0.05, 0) is 36.2 Å². The topological polar surface area (TPSA) is 38.3 Å². The van der Waals surface area contributed by atoms with E-state index in [1.807, 2.05) is 24.3 Å². The number of rotatable bonds is 6. The summed E-state index contributed by atoms with van der Waals surface area (Å²) in [4.78, 5) is 11.8. The summed E-state index contributed by atoms with van der Waals surface area (Å²) in [5.74, 6) is -0.328. The molecule has 0 aliphatic carbocycles. The second-order valence-corrected chi connectivity index (χ2v) is 4.74. The lowest BCUT2D eigenvalue weighted by Gasteiger charge is -2.08. The van der Waals surface area contributed by atoms with Crippen molar-refractivity contribution in [1.29, 1.82) is 0 Å². The number of carbonyl (C=O) groups excluding carboxylic acids is 1. The molecule has 2 aromatic carbocycles. The van der Waals surface area contributed by atoms with Crippen molar-refractivity contribution in [2.24, 2.45) is 0 Å². The van der Waals surface area contributed by atoms with Crippen LogP contribution in [0.15, 0.2) is 48.5 Å². The first-order valence-electron chi connectivity index (χ1n) is 6.94. The van der Waals surface area contributed by atoms with Gasteiger partial charge in [-0.1, -0.05) is 31.5 Å². The number of nitrogens with one attached hydrogen (secondary N) is 1. The molecule has 0 atom stereocenters. The van der Waals surface area contributed by atoms with Crippen molar-refractivity contribution in [3.05, 3.63) is 59.9 Å². The number of hydrogen-bond donors (Lipinski definition) is 1. The van der Waals surface area contributed by atoms with Crippen LogP contribution in [0.1, 0.15) is 18.9 Å². The van der Waals surface area contributed by atoms with Crippen molar-refractivity contribution in [3.8, 4) is 5.75 Å². The smallest absolute Gasteiger partial charge is 0.262 e. The minimum absolute atomic E-state index is 0.153. The average molecular weight is 287 g/mol. The van der Waals surface area contributed by atoms with E-state index in [9.17, 15) is 9.18 Å². The van der Waals surface area contributed by atoms with Crippen LogP contribution in [0.2, 0.25) is 0 Å². The standard InChI is InChI=1S/C17H18FNO2/c1-2-4-13-7-9-15(10-8-13)19-17(20)12-21-16-6-3-5-14(18)11-16/h3,5-11H,2,4,12H2,1H3,(H,19,20). The maximum absolute atomic E-state index is 13.0. The van der Waals surface area contributed by atoms with Gasteiger partial charge in [0.25, 0.3) is 5.91 Å². The van der Waals surface area contributed by atoms with E-state index in [1.54, 1.807) is 6.07 Å². The molecule has 0 aliphatic rings. The van der Waals surface area contributed by atoms with Crippen molar-refractivity contribution in [3.63, 3.8) is 0 Å². The first-order chi connectivity index (χ1) is 10.2. The molecule has 0 aliphatic heterocycles. The monoisotopic (exact) mass is 287 g/mol. The van der Waals surface area contributed by atoms with Crippen molar-refractivity contribution in [2.75, 3.05) is 11.9 Å². The van der Waals surface area contributed by atoms with Gasteiger partial charge in [-0.25, -0.2) is 4.39 Å². The number of carbonyl (C=O) groups is 1. The molecule has 0 saturated carbocycles. The molecular formula is C17H18FNO2. The predicted molar refractivity (Wildman–Crippen MR) is 81.0 cm³/mol. The second kappa shape index (κ2) is 7.43. The zero-order valence-corrected chi connectivity index (χ0v) is 11.9. The molecule has 3 nitrogen and oxygen atoms in total. The number of aryl methyl sites for hydroxylation is 1. The summed E-state index contributed by atoms with van der Waals surface area (Å²) in [5.41, 5.74) is 1.97. The number of ether oxygens (including phenoxy) is 1. The van der Waals surface area contributed by atoms with Gasteiger partial charge < -0.3 is 10.1 Å². The molecule has 2 aromatic rings. The third-order valence-electron chi connectivity index (χ3n) is 2.94. The molecule has 21 heavy (non-hydrogen) atoms. The second-order valence-electron chi connectivity index (χ2n) is 4.74. The fourth-order valence-corrected chi connectivity index (χ4v) is 1.95. The van der Waals surface area contributed by atoms with Crippen LogP contribution in [0, 0.1) is 5.82 Å². The van der Waals surface area contributed by atoms with Crippen molar-refractivity contribution >= 4 is 11.6 Å². The van der Waals surface area contributed by atoms with Gasteiger partial charge in [-0.2, -0.15) is 0 Å². The maximum atomic E-state index is 13.0. The van der Waals surface area contributed by atoms with E-state index in [1.165, 1.54) is 23.8 Å². The molecule has 0 spiro atoms. The van der Waals surface area contributed by atoms with E-state index >= 15 is 0 Å². The highest BCUT2D eigenvalue weighted by atomic mass is 19.1. The van der Waals surface area contributed by atoms with Crippen LogP contribution in [0.3, 0.4) is 0 Å². The molecule has 0 aromatic heterocycles. The molecule has 1 N–H and O–H groups in total. The van der Waals surface area contributed by atoms with E-state index in [4.69, 9.17) is 4.74 Å². The molecule has 4 heteroatoms. The summed E-state index contributed by atoms with van der Waals surface area (Å²) in [6.45, 7) is 1.97. The van der Waals surface area contributed by atoms with Crippen molar-refractivity contribution < 1.29 is 13.9 Å². The summed E-state index contributed by atoms with van der Waals surface area (Å²) in [6, 6.07) is 13.4. The van der Waals surface area contributed by atoms with Crippen LogP contribution in [0.4, 0.5) is 10.1 Å². The minimum Gasteiger partial charge on any atom is -0.484 e. The molecule has 0 saturated heterocycles. The highest BCUT2D eigenvalue weighted by Crippen LogP contribution is 2.13. The summed E-state index contributed by atoms with van der Waals surface area (Å²) in [7, 11) is 0. The number of amides is 1. The van der Waals surface area contributed by atoms with Crippen LogP contribution in [0.25, 0.3) is 0 Å². The van der Waals surface area contributed by atoms with E-state index in [2.05, 4.69) is 12.2 Å². The molecule has 0 bridgehead atoms. The first-order valence-corrected chi connectivity index (χ1v) is 6.94. The summed E-state index contributed by atoms with van der Waals surface area (Å²) >= 11 is 0. The molecule has 110 valence electrons.